The standard InChI is InChI=1S/C17H16N4O2Se/c1-10-5-6-12(11(2)8-10)20-16(23)14-9-19-17(24-14)21-15(22)13-4-3-7-18-13/h3-9,18H,1-2H3,(H,20,23)(H,19,21,22). The van der Waals surface area contributed by atoms with Crippen LogP contribution in [-0.4, -0.2) is 36.3 Å². The van der Waals surface area contributed by atoms with E-state index in [4.69, 9.17) is 0 Å². The fraction of sp³-hybridized carbons (Fsp3) is 0.118. The molecule has 6 nitrogen and oxygen atoms in total. The van der Waals surface area contributed by atoms with Gasteiger partial charge in [-0.05, 0) is 0 Å². The van der Waals surface area contributed by atoms with Crippen LogP contribution in [0.15, 0.2) is 42.7 Å². The zero-order valence-electron chi connectivity index (χ0n) is 13.2. The molecule has 7 heteroatoms. The van der Waals surface area contributed by atoms with E-state index in [1.54, 1.807) is 18.3 Å². The Morgan fingerprint density at radius 3 is 2.67 bits per heavy atom. The van der Waals surface area contributed by atoms with Gasteiger partial charge in [-0.3, -0.25) is 0 Å². The van der Waals surface area contributed by atoms with Crippen LogP contribution in [0.25, 0.3) is 0 Å². The van der Waals surface area contributed by atoms with Crippen LogP contribution in [0.2, 0.25) is 0 Å². The Hall–Kier alpha value is -2.63. The number of aromatic amines is 1. The molecule has 0 aliphatic carbocycles. The maximum absolute atomic E-state index is 12.4. The predicted octanol–water partition coefficient (Wildman–Crippen LogP) is 2.59. The molecule has 122 valence electrons. The second-order valence-corrected chi connectivity index (χ2v) is 7.50. The van der Waals surface area contributed by atoms with E-state index >= 15 is 0 Å². The Bertz CT molecular complexity index is 884. The molecule has 0 saturated heterocycles. The van der Waals surface area contributed by atoms with Crippen molar-refractivity contribution in [2.75, 3.05) is 10.6 Å². The number of anilines is 2. The molecule has 3 rings (SSSR count). The van der Waals surface area contributed by atoms with Crippen molar-refractivity contribution in [3.63, 3.8) is 0 Å². The molecule has 1 aromatic carbocycles. The average molecular weight is 387 g/mol. The Morgan fingerprint density at radius 1 is 1.12 bits per heavy atom. The van der Waals surface area contributed by atoms with Crippen LogP contribution < -0.4 is 10.6 Å². The molecule has 2 heterocycles. The van der Waals surface area contributed by atoms with Crippen LogP contribution in [0.3, 0.4) is 0 Å². The fourth-order valence-corrected chi connectivity index (χ4v) is 3.69. The number of rotatable bonds is 4. The van der Waals surface area contributed by atoms with Crippen LogP contribution in [-0.2, 0) is 0 Å². The summed E-state index contributed by atoms with van der Waals surface area (Å²) in [5.41, 5.74) is 3.40. The van der Waals surface area contributed by atoms with Gasteiger partial charge in [0.1, 0.15) is 0 Å². The normalized spacial score (nSPS) is 10.4. The maximum atomic E-state index is 12.4. The molecule has 2 amide bonds. The van der Waals surface area contributed by atoms with Gasteiger partial charge < -0.3 is 0 Å². The van der Waals surface area contributed by atoms with Crippen LogP contribution in [0, 0.1) is 13.8 Å². The Balaban J connectivity index is 1.68. The van der Waals surface area contributed by atoms with E-state index in [9.17, 15) is 9.59 Å². The monoisotopic (exact) mass is 388 g/mol. The molecule has 0 radical (unpaired) electrons. The summed E-state index contributed by atoms with van der Waals surface area (Å²) in [7, 11) is 0. The Morgan fingerprint density at radius 2 is 1.96 bits per heavy atom. The number of benzene rings is 1. The second kappa shape index (κ2) is 6.86. The first-order valence-electron chi connectivity index (χ1n) is 7.32. The van der Waals surface area contributed by atoms with Gasteiger partial charge in [0.05, 0.1) is 0 Å². The number of nitrogens with one attached hydrogen (secondary N) is 3. The third-order valence-corrected chi connectivity index (χ3v) is 5.34. The molecule has 0 bridgehead atoms. The van der Waals surface area contributed by atoms with E-state index in [1.165, 1.54) is 6.20 Å². The molecule has 0 atom stereocenters. The third kappa shape index (κ3) is 3.64. The molecular formula is C17H16N4O2Se. The first kappa shape index (κ1) is 16.2. The summed E-state index contributed by atoms with van der Waals surface area (Å²) in [5.74, 6) is -0.445. The number of amides is 2. The number of hydrogen-bond acceptors (Lipinski definition) is 3. The minimum atomic E-state index is -0.328. The molecule has 2 aromatic heterocycles. The van der Waals surface area contributed by atoms with Crippen molar-refractivity contribution in [3.8, 4) is 0 Å². The van der Waals surface area contributed by atoms with Crippen molar-refractivity contribution in [3.05, 3.63) is 64.0 Å². The molecule has 0 saturated carbocycles. The molecule has 0 aliphatic rings. The number of hydrogen-bond donors (Lipinski definition) is 3. The van der Waals surface area contributed by atoms with Crippen molar-refractivity contribution in [2.45, 2.75) is 13.8 Å². The quantitative estimate of drug-likeness (QED) is 0.602. The van der Waals surface area contributed by atoms with Gasteiger partial charge in [0.15, 0.2) is 0 Å². The molecule has 0 unspecified atom stereocenters. The third-order valence-electron chi connectivity index (χ3n) is 3.42. The number of nitrogens with zero attached hydrogens (tertiary/aromatic N) is 1. The summed E-state index contributed by atoms with van der Waals surface area (Å²) in [5, 5.41) is 5.62. The van der Waals surface area contributed by atoms with Crippen molar-refractivity contribution in [1.82, 2.24) is 9.97 Å². The number of H-pyrrole nitrogens is 1. The Labute approximate surface area is 145 Å². The molecule has 0 spiro atoms. The fourth-order valence-electron chi connectivity index (χ4n) is 2.21. The first-order valence-corrected chi connectivity index (χ1v) is 9.03. The summed E-state index contributed by atoms with van der Waals surface area (Å²) in [6, 6.07) is 9.29. The summed E-state index contributed by atoms with van der Waals surface area (Å²) in [6.45, 7) is 3.96. The van der Waals surface area contributed by atoms with Gasteiger partial charge in [-0.25, -0.2) is 0 Å². The van der Waals surface area contributed by atoms with Gasteiger partial charge in [-0.1, -0.05) is 0 Å². The van der Waals surface area contributed by atoms with E-state index in [0.29, 0.717) is 14.8 Å². The van der Waals surface area contributed by atoms with E-state index in [0.717, 1.165) is 16.8 Å². The van der Waals surface area contributed by atoms with E-state index in [-0.39, 0.29) is 26.3 Å². The van der Waals surface area contributed by atoms with Gasteiger partial charge in [0, 0.05) is 0 Å². The summed E-state index contributed by atoms with van der Waals surface area (Å²) in [6.07, 6.45) is 3.20. The number of carbonyl (C=O) groups excluding carboxylic acids is 2. The molecule has 3 N–H and O–H groups in total. The van der Waals surface area contributed by atoms with E-state index in [2.05, 4.69) is 20.6 Å². The molecule has 0 aliphatic heterocycles. The number of carbonyl (C=O) groups is 2. The summed E-state index contributed by atoms with van der Waals surface area (Å²) in [4.78, 5) is 31.3. The van der Waals surface area contributed by atoms with Gasteiger partial charge in [0.2, 0.25) is 0 Å². The average Bonchev–Trinajstić information content (AvgIpc) is 3.21. The molecular weight excluding hydrogens is 371 g/mol. The van der Waals surface area contributed by atoms with Gasteiger partial charge in [-0.15, -0.1) is 0 Å². The SMILES string of the molecule is Cc1ccc(NC(=O)c2cnc(NC(=O)c3ccc[nH]3)[se]2)c(C)c1. The predicted molar refractivity (Wildman–Crippen MR) is 93.8 cm³/mol. The molecule has 0 fully saturated rings. The molecule has 3 aromatic rings. The molecule has 24 heavy (non-hydrogen) atoms. The topological polar surface area (TPSA) is 86.9 Å². The Kier molecular flexibility index (Phi) is 4.64. The zero-order chi connectivity index (χ0) is 17.1. The second-order valence-electron chi connectivity index (χ2n) is 5.34. The van der Waals surface area contributed by atoms with Crippen LogP contribution >= 0.6 is 0 Å². The van der Waals surface area contributed by atoms with Crippen molar-refractivity contribution in [2.24, 2.45) is 0 Å². The van der Waals surface area contributed by atoms with Crippen molar-refractivity contribution >= 4 is 36.7 Å². The minimum absolute atomic E-state index is 0.185. The number of aryl methyl sites for hydroxylation is 2. The van der Waals surface area contributed by atoms with Crippen molar-refractivity contribution in [1.29, 1.82) is 0 Å². The van der Waals surface area contributed by atoms with Gasteiger partial charge in [0.25, 0.3) is 0 Å². The van der Waals surface area contributed by atoms with Crippen LogP contribution in [0.1, 0.15) is 30.8 Å². The van der Waals surface area contributed by atoms with Crippen LogP contribution in [0.5, 0.6) is 0 Å². The van der Waals surface area contributed by atoms with Crippen LogP contribution in [0.4, 0.5) is 10.4 Å². The first-order chi connectivity index (χ1) is 11.5. The zero-order valence-corrected chi connectivity index (χ0v) is 14.9. The summed E-state index contributed by atoms with van der Waals surface area (Å²) < 4.78 is 1.09. The number of aromatic nitrogens is 2. The van der Waals surface area contributed by atoms with Gasteiger partial charge >= 0.3 is 145 Å². The summed E-state index contributed by atoms with van der Waals surface area (Å²) >= 11 is -0.328. The van der Waals surface area contributed by atoms with Gasteiger partial charge in [-0.2, -0.15) is 0 Å². The van der Waals surface area contributed by atoms with Crippen molar-refractivity contribution < 1.29 is 9.59 Å². The van der Waals surface area contributed by atoms with E-state index in [1.807, 2.05) is 32.0 Å². The van der Waals surface area contributed by atoms with E-state index < -0.39 is 0 Å².